The molecule has 0 saturated carbocycles. The molecule has 0 saturated heterocycles. The molecule has 0 atom stereocenters. The summed E-state index contributed by atoms with van der Waals surface area (Å²) in [4.78, 5) is 9.05. The Morgan fingerprint density at radius 1 is 1.06 bits per heavy atom. The Balaban J connectivity index is 1.97. The summed E-state index contributed by atoms with van der Waals surface area (Å²) in [6, 6.07) is 21.6. The first kappa shape index (κ1) is 22.4. The zero-order valence-corrected chi connectivity index (χ0v) is 18.3. The van der Waals surface area contributed by atoms with Gasteiger partial charge in [0.25, 0.3) is 0 Å². The molecule has 0 bridgehead atoms. The summed E-state index contributed by atoms with van der Waals surface area (Å²) in [5, 5.41) is 8.49. The second kappa shape index (κ2) is 10.1. The van der Waals surface area contributed by atoms with Crippen LogP contribution in [0.5, 0.6) is 0 Å². The van der Waals surface area contributed by atoms with Crippen LogP contribution < -0.4 is 10.5 Å². The molecule has 0 amide bonds. The lowest BCUT2D eigenvalue weighted by atomic mass is 9.96. The monoisotopic (exact) mass is 434 g/mol. The Kier molecular flexibility index (Phi) is 7.33. The summed E-state index contributed by atoms with van der Waals surface area (Å²) >= 11 is 0. The minimum absolute atomic E-state index is 0.144. The lowest BCUT2D eigenvalue weighted by Gasteiger charge is -2.17. The Morgan fingerprint density at radius 2 is 1.81 bits per heavy atom. The topological polar surface area (TPSA) is 97.4 Å². The average Bonchev–Trinajstić information content (AvgIpc) is 2.77. The van der Waals surface area contributed by atoms with Crippen molar-refractivity contribution in [3.8, 4) is 11.1 Å². The Labute approximate surface area is 183 Å². The van der Waals surface area contributed by atoms with Crippen LogP contribution in [0, 0.1) is 0 Å². The lowest BCUT2D eigenvalue weighted by Crippen LogP contribution is -2.18. The number of nitrogens with two attached hydrogens (primary N) is 1. The Bertz CT molecular complexity index is 1170. The molecule has 6 nitrogen and oxygen atoms in total. The van der Waals surface area contributed by atoms with Crippen molar-refractivity contribution in [1.82, 2.24) is 10.3 Å². The number of benzene rings is 2. The normalized spacial score (nSPS) is 11.9. The molecule has 2 aromatic carbocycles. The van der Waals surface area contributed by atoms with Crippen molar-refractivity contribution in [3.63, 3.8) is 0 Å². The van der Waals surface area contributed by atoms with Gasteiger partial charge in [0.2, 0.25) is 10.0 Å². The zero-order valence-electron chi connectivity index (χ0n) is 17.5. The maximum atomic E-state index is 11.3. The largest absolute Gasteiger partial charge is 0.379 e. The molecule has 3 N–H and O–H groups in total. The van der Waals surface area contributed by atoms with E-state index in [0.29, 0.717) is 23.6 Å². The van der Waals surface area contributed by atoms with Crippen LogP contribution in [0.2, 0.25) is 0 Å². The van der Waals surface area contributed by atoms with Crippen LogP contribution >= 0.6 is 0 Å². The molecular weight excluding hydrogens is 408 g/mol. The van der Waals surface area contributed by atoms with Gasteiger partial charge in [0, 0.05) is 29.6 Å². The van der Waals surface area contributed by atoms with Crippen molar-refractivity contribution in [3.05, 3.63) is 90.8 Å². The van der Waals surface area contributed by atoms with Crippen molar-refractivity contribution in [2.24, 2.45) is 10.1 Å². The van der Waals surface area contributed by atoms with E-state index in [1.165, 1.54) is 0 Å². The number of nitrogens with one attached hydrogen (secondary N) is 1. The molecule has 31 heavy (non-hydrogen) atoms. The summed E-state index contributed by atoms with van der Waals surface area (Å²) in [5.41, 5.74) is 5.89. The molecule has 1 aromatic heterocycles. The summed E-state index contributed by atoms with van der Waals surface area (Å²) < 4.78 is 22.6. The zero-order chi connectivity index (χ0) is 22.3. The number of primary sulfonamides is 1. The highest BCUT2D eigenvalue weighted by Crippen LogP contribution is 2.35. The van der Waals surface area contributed by atoms with Crippen molar-refractivity contribution in [2.75, 3.05) is 5.75 Å². The molecule has 1 heterocycles. The van der Waals surface area contributed by atoms with Gasteiger partial charge in [-0.05, 0) is 36.2 Å². The maximum Gasteiger partial charge on any atom is 0.209 e. The van der Waals surface area contributed by atoms with Gasteiger partial charge < -0.3 is 5.32 Å². The van der Waals surface area contributed by atoms with Crippen LogP contribution in [0.15, 0.2) is 84.5 Å². The van der Waals surface area contributed by atoms with Crippen LogP contribution in [-0.2, 0) is 16.6 Å². The van der Waals surface area contributed by atoms with E-state index >= 15 is 0 Å². The van der Waals surface area contributed by atoms with Crippen LogP contribution in [0.4, 0.5) is 5.69 Å². The Morgan fingerprint density at radius 3 is 2.48 bits per heavy atom. The molecule has 0 radical (unpaired) electrons. The standard InChI is InChI=1S/C24H26N4O2S/c1-18(14-16-31(25,29)30)28-23-13-8-12-22(20-9-4-3-5-10-20)24(23)19(2)27-17-21-11-6-7-15-26-21/h3-13,15,27H,2,14,16-17H2,1H3,(H2,25,29,30). The molecule has 0 spiro atoms. The highest BCUT2D eigenvalue weighted by Gasteiger charge is 2.14. The van der Waals surface area contributed by atoms with Gasteiger partial charge >= 0.3 is 0 Å². The number of aromatic nitrogens is 1. The van der Waals surface area contributed by atoms with Gasteiger partial charge in [0.1, 0.15) is 0 Å². The first-order valence-corrected chi connectivity index (χ1v) is 11.6. The lowest BCUT2D eigenvalue weighted by molar-refractivity contribution is 0.598. The fraction of sp³-hybridized carbons (Fsp3) is 0.167. The third-order valence-electron chi connectivity index (χ3n) is 4.70. The van der Waals surface area contributed by atoms with Crippen LogP contribution in [0.3, 0.4) is 0 Å². The van der Waals surface area contributed by atoms with Crippen LogP contribution in [-0.4, -0.2) is 24.9 Å². The maximum absolute atomic E-state index is 11.3. The highest BCUT2D eigenvalue weighted by molar-refractivity contribution is 7.89. The molecule has 3 aromatic rings. The summed E-state index contributed by atoms with van der Waals surface area (Å²) in [6.45, 7) is 6.58. The summed E-state index contributed by atoms with van der Waals surface area (Å²) in [7, 11) is -3.55. The second-order valence-corrected chi connectivity index (χ2v) is 8.92. The quantitative estimate of drug-likeness (QED) is 0.491. The van der Waals surface area contributed by atoms with E-state index in [2.05, 4.69) is 16.9 Å². The van der Waals surface area contributed by atoms with E-state index < -0.39 is 10.0 Å². The smallest absolute Gasteiger partial charge is 0.209 e. The molecule has 0 aliphatic heterocycles. The number of hydrogen-bond acceptors (Lipinski definition) is 5. The van der Waals surface area contributed by atoms with E-state index in [-0.39, 0.29) is 12.2 Å². The predicted molar refractivity (Wildman–Crippen MR) is 127 cm³/mol. The summed E-state index contributed by atoms with van der Waals surface area (Å²) in [5.74, 6) is -0.144. The fourth-order valence-corrected chi connectivity index (χ4v) is 3.73. The van der Waals surface area contributed by atoms with E-state index in [1.807, 2.05) is 66.7 Å². The molecule has 0 fully saturated rings. The number of sulfonamides is 1. The molecular formula is C24H26N4O2S. The fourth-order valence-electron chi connectivity index (χ4n) is 3.15. The van der Waals surface area contributed by atoms with Crippen molar-refractivity contribution in [2.45, 2.75) is 19.9 Å². The minimum Gasteiger partial charge on any atom is -0.379 e. The predicted octanol–water partition coefficient (Wildman–Crippen LogP) is 4.28. The van der Waals surface area contributed by atoms with Gasteiger partial charge in [-0.1, -0.05) is 55.1 Å². The summed E-state index contributed by atoms with van der Waals surface area (Å²) in [6.07, 6.45) is 2.02. The van der Waals surface area contributed by atoms with Crippen molar-refractivity contribution < 1.29 is 8.42 Å². The van der Waals surface area contributed by atoms with Crippen molar-refractivity contribution in [1.29, 1.82) is 0 Å². The minimum atomic E-state index is -3.55. The second-order valence-electron chi connectivity index (χ2n) is 7.18. The van der Waals surface area contributed by atoms with Crippen molar-refractivity contribution >= 4 is 27.1 Å². The third-order valence-corrected chi connectivity index (χ3v) is 5.47. The van der Waals surface area contributed by atoms with Gasteiger partial charge in [0.15, 0.2) is 0 Å². The molecule has 3 rings (SSSR count). The number of nitrogens with zero attached hydrogens (tertiary/aromatic N) is 2. The van der Waals surface area contributed by atoms with Gasteiger partial charge in [0.05, 0.1) is 23.7 Å². The molecule has 7 heteroatoms. The van der Waals surface area contributed by atoms with Crippen LogP contribution in [0.1, 0.15) is 24.6 Å². The molecule has 0 aliphatic rings. The third kappa shape index (κ3) is 6.60. The first-order chi connectivity index (χ1) is 14.8. The van der Waals surface area contributed by atoms with Gasteiger partial charge in [-0.15, -0.1) is 0 Å². The number of aliphatic imine (C=N–C) groups is 1. The van der Waals surface area contributed by atoms with E-state index in [9.17, 15) is 8.42 Å². The number of hydrogen-bond donors (Lipinski definition) is 2. The van der Waals surface area contributed by atoms with Gasteiger partial charge in [-0.25, -0.2) is 13.6 Å². The number of rotatable bonds is 9. The van der Waals surface area contributed by atoms with Crippen LogP contribution in [0.25, 0.3) is 16.8 Å². The van der Waals surface area contributed by atoms with Gasteiger partial charge in [-0.2, -0.15) is 0 Å². The van der Waals surface area contributed by atoms with E-state index in [0.717, 1.165) is 22.4 Å². The SMILES string of the molecule is C=C(NCc1ccccn1)c1c(N=C(C)CCS(N)(=O)=O)cccc1-c1ccccc1. The molecule has 160 valence electrons. The van der Waals surface area contributed by atoms with E-state index in [4.69, 9.17) is 10.1 Å². The molecule has 0 unspecified atom stereocenters. The Hall–Kier alpha value is -3.29. The average molecular weight is 435 g/mol. The van der Waals surface area contributed by atoms with E-state index in [1.54, 1.807) is 13.1 Å². The molecule has 0 aliphatic carbocycles. The highest BCUT2D eigenvalue weighted by atomic mass is 32.2. The number of pyridine rings is 1. The first-order valence-electron chi connectivity index (χ1n) is 9.89. The van der Waals surface area contributed by atoms with Gasteiger partial charge in [-0.3, -0.25) is 9.98 Å².